The topological polar surface area (TPSA) is 56.2 Å². The van der Waals surface area contributed by atoms with Crippen LogP contribution in [-0.4, -0.2) is 27.8 Å². The zero-order chi connectivity index (χ0) is 14.2. The van der Waals surface area contributed by atoms with Gasteiger partial charge in [0.25, 0.3) is 5.91 Å². The van der Waals surface area contributed by atoms with Crippen LogP contribution in [0.2, 0.25) is 0 Å². The standard InChI is InChI=1S/C14H23N3O2/c1-6-17-13-10(5)19-9(4)7-11(13)12(16-17)14(18)15-8(2)3/h8-10H,6-7H2,1-5H3,(H,15,18)/t9-,10+/m1/s1. The Kier molecular flexibility index (Phi) is 3.94. The second kappa shape index (κ2) is 5.33. The molecule has 0 unspecified atom stereocenters. The minimum atomic E-state index is -0.0836. The van der Waals surface area contributed by atoms with Gasteiger partial charge in [0, 0.05) is 24.6 Å². The van der Waals surface area contributed by atoms with Crippen LogP contribution in [0.1, 0.15) is 62.5 Å². The first-order chi connectivity index (χ1) is 8.93. The van der Waals surface area contributed by atoms with Crippen LogP contribution in [0.15, 0.2) is 0 Å². The van der Waals surface area contributed by atoms with E-state index in [0.29, 0.717) is 5.69 Å². The first-order valence-electron chi connectivity index (χ1n) is 6.99. The third kappa shape index (κ3) is 2.66. The van der Waals surface area contributed by atoms with Gasteiger partial charge in [-0.05, 0) is 34.6 Å². The van der Waals surface area contributed by atoms with Gasteiger partial charge in [0.1, 0.15) is 0 Å². The van der Waals surface area contributed by atoms with Gasteiger partial charge in [0.05, 0.1) is 17.9 Å². The van der Waals surface area contributed by atoms with Crippen LogP contribution in [0.25, 0.3) is 0 Å². The van der Waals surface area contributed by atoms with Gasteiger partial charge in [-0.25, -0.2) is 0 Å². The molecule has 2 atom stereocenters. The number of carbonyl (C=O) groups is 1. The Labute approximate surface area is 114 Å². The lowest BCUT2D eigenvalue weighted by atomic mass is 9.99. The van der Waals surface area contributed by atoms with Gasteiger partial charge < -0.3 is 10.1 Å². The molecule has 19 heavy (non-hydrogen) atoms. The average molecular weight is 265 g/mol. The first-order valence-corrected chi connectivity index (χ1v) is 6.99. The summed E-state index contributed by atoms with van der Waals surface area (Å²) in [6, 6.07) is 0.115. The number of aryl methyl sites for hydroxylation is 1. The Morgan fingerprint density at radius 3 is 2.79 bits per heavy atom. The van der Waals surface area contributed by atoms with Crippen molar-refractivity contribution in [1.29, 1.82) is 0 Å². The minimum absolute atomic E-state index is 0.00759. The number of hydrogen-bond donors (Lipinski definition) is 1. The van der Waals surface area contributed by atoms with Gasteiger partial charge >= 0.3 is 0 Å². The third-order valence-electron chi connectivity index (χ3n) is 3.34. The molecule has 1 aromatic heterocycles. The largest absolute Gasteiger partial charge is 0.369 e. The Bertz CT molecular complexity index is 479. The molecular formula is C14H23N3O2. The predicted octanol–water partition coefficient (Wildman–Crippen LogP) is 2.06. The number of ether oxygens (including phenoxy) is 1. The highest BCUT2D eigenvalue weighted by Gasteiger charge is 2.31. The van der Waals surface area contributed by atoms with E-state index in [4.69, 9.17) is 4.74 Å². The molecule has 0 radical (unpaired) electrons. The van der Waals surface area contributed by atoms with E-state index in [1.54, 1.807) is 0 Å². The normalized spacial score (nSPS) is 22.4. The number of aromatic nitrogens is 2. The molecule has 5 nitrogen and oxygen atoms in total. The van der Waals surface area contributed by atoms with Crippen molar-refractivity contribution < 1.29 is 9.53 Å². The molecule has 1 aliphatic heterocycles. The van der Waals surface area contributed by atoms with E-state index in [2.05, 4.69) is 10.4 Å². The average Bonchev–Trinajstić information content (AvgIpc) is 2.66. The molecule has 1 N–H and O–H groups in total. The molecule has 0 aromatic carbocycles. The summed E-state index contributed by atoms with van der Waals surface area (Å²) in [4.78, 5) is 12.2. The second-order valence-electron chi connectivity index (χ2n) is 5.45. The molecule has 0 spiro atoms. The van der Waals surface area contributed by atoms with Crippen molar-refractivity contribution in [2.24, 2.45) is 0 Å². The van der Waals surface area contributed by atoms with Crippen molar-refractivity contribution in [3.8, 4) is 0 Å². The predicted molar refractivity (Wildman–Crippen MR) is 73.2 cm³/mol. The van der Waals surface area contributed by atoms with Gasteiger partial charge in [-0.1, -0.05) is 0 Å². The number of nitrogens with one attached hydrogen (secondary N) is 1. The van der Waals surface area contributed by atoms with E-state index in [-0.39, 0.29) is 24.2 Å². The monoisotopic (exact) mass is 265 g/mol. The van der Waals surface area contributed by atoms with E-state index in [1.807, 2.05) is 39.3 Å². The highest BCUT2D eigenvalue weighted by atomic mass is 16.5. The Balaban J connectivity index is 2.43. The molecule has 5 heteroatoms. The molecule has 2 rings (SSSR count). The van der Waals surface area contributed by atoms with E-state index in [9.17, 15) is 4.79 Å². The molecule has 0 bridgehead atoms. The minimum Gasteiger partial charge on any atom is -0.369 e. The van der Waals surface area contributed by atoms with Gasteiger partial charge in [0.15, 0.2) is 5.69 Å². The van der Waals surface area contributed by atoms with Crippen molar-refractivity contribution in [1.82, 2.24) is 15.1 Å². The van der Waals surface area contributed by atoms with E-state index >= 15 is 0 Å². The zero-order valence-corrected chi connectivity index (χ0v) is 12.4. The second-order valence-corrected chi connectivity index (χ2v) is 5.45. The maximum atomic E-state index is 12.2. The van der Waals surface area contributed by atoms with Gasteiger partial charge in [-0.15, -0.1) is 0 Å². The molecule has 0 saturated carbocycles. The maximum absolute atomic E-state index is 12.2. The third-order valence-corrected chi connectivity index (χ3v) is 3.34. The van der Waals surface area contributed by atoms with Crippen LogP contribution < -0.4 is 5.32 Å². The van der Waals surface area contributed by atoms with Crippen molar-refractivity contribution in [3.05, 3.63) is 17.0 Å². The fourth-order valence-corrected chi connectivity index (χ4v) is 2.67. The zero-order valence-electron chi connectivity index (χ0n) is 12.4. The summed E-state index contributed by atoms with van der Waals surface area (Å²) in [6.07, 6.45) is 0.870. The number of carbonyl (C=O) groups excluding carboxylic acids is 1. The number of rotatable bonds is 3. The summed E-state index contributed by atoms with van der Waals surface area (Å²) in [5.74, 6) is -0.0836. The van der Waals surface area contributed by atoms with E-state index in [1.165, 1.54) is 0 Å². The number of fused-ring (bicyclic) bond motifs is 1. The maximum Gasteiger partial charge on any atom is 0.272 e. The highest BCUT2D eigenvalue weighted by Crippen LogP contribution is 2.32. The molecule has 0 aliphatic carbocycles. The SMILES string of the molecule is CCn1nc(C(=O)NC(C)C)c2c1[C@H](C)O[C@H](C)C2. The molecule has 106 valence electrons. The lowest BCUT2D eigenvalue weighted by Crippen LogP contribution is -2.32. The summed E-state index contributed by atoms with van der Waals surface area (Å²) >= 11 is 0. The number of nitrogens with zero attached hydrogens (tertiary/aromatic N) is 2. The van der Waals surface area contributed by atoms with Crippen LogP contribution in [0, 0.1) is 0 Å². The Morgan fingerprint density at radius 1 is 1.53 bits per heavy atom. The van der Waals surface area contributed by atoms with Crippen LogP contribution in [0.3, 0.4) is 0 Å². The molecule has 1 aliphatic rings. The number of amides is 1. The fourth-order valence-electron chi connectivity index (χ4n) is 2.67. The van der Waals surface area contributed by atoms with Crippen LogP contribution in [0.4, 0.5) is 0 Å². The summed E-state index contributed by atoms with van der Waals surface area (Å²) < 4.78 is 7.73. The van der Waals surface area contributed by atoms with E-state index in [0.717, 1.165) is 24.2 Å². The highest BCUT2D eigenvalue weighted by molar-refractivity contribution is 5.94. The quantitative estimate of drug-likeness (QED) is 0.910. The van der Waals surface area contributed by atoms with Crippen molar-refractivity contribution in [2.45, 2.75) is 65.8 Å². The smallest absolute Gasteiger partial charge is 0.272 e. The first kappa shape index (κ1) is 14.1. The summed E-state index contributed by atoms with van der Waals surface area (Å²) in [6.45, 7) is 10.7. The fraction of sp³-hybridized carbons (Fsp3) is 0.714. The Morgan fingerprint density at radius 2 is 2.21 bits per heavy atom. The van der Waals surface area contributed by atoms with Gasteiger partial charge in [0.2, 0.25) is 0 Å². The van der Waals surface area contributed by atoms with E-state index < -0.39 is 0 Å². The van der Waals surface area contributed by atoms with Crippen LogP contribution >= 0.6 is 0 Å². The number of hydrogen-bond acceptors (Lipinski definition) is 3. The van der Waals surface area contributed by atoms with Gasteiger partial charge in [-0.3, -0.25) is 9.48 Å². The molecular weight excluding hydrogens is 242 g/mol. The summed E-state index contributed by atoms with van der Waals surface area (Å²) in [5.41, 5.74) is 2.66. The van der Waals surface area contributed by atoms with Crippen LogP contribution in [-0.2, 0) is 17.7 Å². The molecule has 0 fully saturated rings. The lowest BCUT2D eigenvalue weighted by molar-refractivity contribution is -0.00948. The summed E-state index contributed by atoms with van der Waals surface area (Å²) in [7, 11) is 0. The van der Waals surface area contributed by atoms with Crippen molar-refractivity contribution in [3.63, 3.8) is 0 Å². The van der Waals surface area contributed by atoms with Crippen molar-refractivity contribution in [2.75, 3.05) is 0 Å². The summed E-state index contributed by atoms with van der Waals surface area (Å²) in [5, 5.41) is 7.39. The lowest BCUT2D eigenvalue weighted by Gasteiger charge is -2.26. The van der Waals surface area contributed by atoms with Crippen LogP contribution in [0.5, 0.6) is 0 Å². The molecule has 1 amide bonds. The molecule has 1 aromatic rings. The Hall–Kier alpha value is -1.36. The molecule has 2 heterocycles. The molecule has 0 saturated heterocycles. The van der Waals surface area contributed by atoms with Gasteiger partial charge in [-0.2, -0.15) is 5.10 Å². The van der Waals surface area contributed by atoms with Crippen molar-refractivity contribution >= 4 is 5.91 Å².